The Morgan fingerprint density at radius 1 is 1.31 bits per heavy atom. The van der Waals surface area contributed by atoms with Crippen LogP contribution in [0.1, 0.15) is 18.4 Å². The lowest BCUT2D eigenvalue weighted by molar-refractivity contribution is -0.120. The maximum atomic E-state index is 10.9. The van der Waals surface area contributed by atoms with E-state index in [-0.39, 0.29) is 11.7 Å². The van der Waals surface area contributed by atoms with Crippen molar-refractivity contribution in [2.24, 2.45) is 0 Å². The number of carbonyl (C=O) groups is 1. The summed E-state index contributed by atoms with van der Waals surface area (Å²) in [5, 5.41) is 14.9. The van der Waals surface area contributed by atoms with E-state index in [1.54, 1.807) is 19.2 Å². The quantitative estimate of drug-likeness (QED) is 0.629. The van der Waals surface area contributed by atoms with Crippen LogP contribution in [0.3, 0.4) is 0 Å². The summed E-state index contributed by atoms with van der Waals surface area (Å²) in [5.41, 5.74) is 1.12. The van der Waals surface area contributed by atoms with E-state index < -0.39 is 0 Å². The molecule has 0 saturated carbocycles. The number of carbonyl (C=O) groups excluding carboxylic acids is 1. The summed E-state index contributed by atoms with van der Waals surface area (Å²) in [6.45, 7) is 1.57. The molecule has 0 unspecified atom stereocenters. The Kier molecular flexibility index (Phi) is 5.36. The lowest BCUT2D eigenvalue weighted by Crippen LogP contribution is -2.20. The molecule has 0 atom stereocenters. The third-order valence-corrected chi connectivity index (χ3v) is 2.30. The van der Waals surface area contributed by atoms with Crippen LogP contribution in [0, 0.1) is 0 Å². The highest BCUT2D eigenvalue weighted by molar-refractivity contribution is 5.75. The molecule has 0 heterocycles. The lowest BCUT2D eigenvalue weighted by atomic mass is 10.2. The average Bonchev–Trinajstić information content (AvgIpc) is 2.31. The van der Waals surface area contributed by atoms with E-state index in [1.807, 2.05) is 12.1 Å². The zero-order valence-corrected chi connectivity index (χ0v) is 9.49. The molecule has 0 aliphatic heterocycles. The molecule has 88 valence electrons. The number of amides is 1. The number of aromatic hydroxyl groups is 1. The highest BCUT2D eigenvalue weighted by atomic mass is 16.3. The number of rotatable bonds is 6. The zero-order valence-electron chi connectivity index (χ0n) is 9.49. The molecule has 1 aromatic rings. The molecular formula is C12H18N2O2. The molecule has 0 aromatic heterocycles. The van der Waals surface area contributed by atoms with Gasteiger partial charge in [0.05, 0.1) is 0 Å². The summed E-state index contributed by atoms with van der Waals surface area (Å²) in [7, 11) is 1.65. The maximum absolute atomic E-state index is 10.9. The molecule has 4 nitrogen and oxygen atoms in total. The highest BCUT2D eigenvalue weighted by Crippen LogP contribution is 2.08. The van der Waals surface area contributed by atoms with Crippen molar-refractivity contribution in [1.82, 2.24) is 10.6 Å². The second-order valence-corrected chi connectivity index (χ2v) is 3.62. The van der Waals surface area contributed by atoms with Crippen molar-refractivity contribution in [2.75, 3.05) is 13.6 Å². The van der Waals surface area contributed by atoms with Crippen molar-refractivity contribution in [3.05, 3.63) is 29.8 Å². The number of benzene rings is 1. The van der Waals surface area contributed by atoms with Crippen LogP contribution in [0.15, 0.2) is 24.3 Å². The van der Waals surface area contributed by atoms with Gasteiger partial charge in [0, 0.05) is 20.0 Å². The molecule has 1 rings (SSSR count). The van der Waals surface area contributed by atoms with Crippen molar-refractivity contribution in [3.63, 3.8) is 0 Å². The third-order valence-electron chi connectivity index (χ3n) is 2.30. The van der Waals surface area contributed by atoms with Gasteiger partial charge >= 0.3 is 0 Å². The molecule has 0 spiro atoms. The summed E-state index contributed by atoms with van der Waals surface area (Å²) in [5.74, 6) is 0.356. The topological polar surface area (TPSA) is 61.4 Å². The fourth-order valence-electron chi connectivity index (χ4n) is 1.35. The SMILES string of the molecule is CNC(=O)CCCNCc1ccc(O)cc1. The van der Waals surface area contributed by atoms with Gasteiger partial charge in [-0.3, -0.25) is 4.79 Å². The number of hydrogen-bond donors (Lipinski definition) is 3. The second-order valence-electron chi connectivity index (χ2n) is 3.62. The molecule has 0 bridgehead atoms. The van der Waals surface area contributed by atoms with Crippen LogP contribution >= 0.6 is 0 Å². The largest absolute Gasteiger partial charge is 0.508 e. The predicted octanol–water partition coefficient (Wildman–Crippen LogP) is 1.01. The van der Waals surface area contributed by atoms with Crippen molar-refractivity contribution >= 4 is 5.91 Å². The van der Waals surface area contributed by atoms with Gasteiger partial charge in [-0.05, 0) is 30.7 Å². The fraction of sp³-hybridized carbons (Fsp3) is 0.417. The number of phenols is 1. The van der Waals surface area contributed by atoms with Crippen LogP contribution in [-0.2, 0) is 11.3 Å². The standard InChI is InChI=1S/C12H18N2O2/c1-13-12(16)3-2-8-14-9-10-4-6-11(15)7-5-10/h4-7,14-15H,2-3,8-9H2,1H3,(H,13,16). The molecule has 0 aliphatic carbocycles. The second kappa shape index (κ2) is 6.85. The minimum atomic E-state index is 0.0754. The first kappa shape index (κ1) is 12.5. The number of phenolic OH excluding ortho intramolecular Hbond substituents is 1. The van der Waals surface area contributed by atoms with Gasteiger partial charge in [-0.1, -0.05) is 12.1 Å². The van der Waals surface area contributed by atoms with E-state index >= 15 is 0 Å². The van der Waals surface area contributed by atoms with E-state index in [0.717, 1.165) is 25.1 Å². The van der Waals surface area contributed by atoms with Gasteiger partial charge < -0.3 is 15.7 Å². The van der Waals surface area contributed by atoms with Crippen molar-refractivity contribution in [3.8, 4) is 5.75 Å². The monoisotopic (exact) mass is 222 g/mol. The summed E-state index contributed by atoms with van der Waals surface area (Å²) in [4.78, 5) is 10.9. The maximum Gasteiger partial charge on any atom is 0.219 e. The first-order valence-electron chi connectivity index (χ1n) is 5.41. The van der Waals surface area contributed by atoms with Crippen LogP contribution < -0.4 is 10.6 Å². The minimum absolute atomic E-state index is 0.0754. The third kappa shape index (κ3) is 4.79. The van der Waals surface area contributed by atoms with E-state index in [1.165, 1.54) is 0 Å². The Balaban J connectivity index is 2.11. The molecule has 0 radical (unpaired) electrons. The molecule has 4 heteroatoms. The van der Waals surface area contributed by atoms with Gasteiger partial charge in [0.15, 0.2) is 0 Å². The van der Waals surface area contributed by atoms with Crippen LogP contribution in [-0.4, -0.2) is 24.6 Å². The molecule has 1 aromatic carbocycles. The van der Waals surface area contributed by atoms with E-state index in [0.29, 0.717) is 6.42 Å². The van der Waals surface area contributed by atoms with Gasteiger partial charge in [-0.25, -0.2) is 0 Å². The number of hydrogen-bond acceptors (Lipinski definition) is 3. The summed E-state index contributed by atoms with van der Waals surface area (Å²) >= 11 is 0. The van der Waals surface area contributed by atoms with Gasteiger partial charge in [0.1, 0.15) is 5.75 Å². The van der Waals surface area contributed by atoms with Gasteiger partial charge in [-0.2, -0.15) is 0 Å². The van der Waals surface area contributed by atoms with Gasteiger partial charge in [0.2, 0.25) is 5.91 Å². The molecular weight excluding hydrogens is 204 g/mol. The first-order valence-corrected chi connectivity index (χ1v) is 5.41. The van der Waals surface area contributed by atoms with Crippen LogP contribution in [0.5, 0.6) is 5.75 Å². The predicted molar refractivity (Wildman–Crippen MR) is 63.1 cm³/mol. The molecule has 0 saturated heterocycles. The Morgan fingerprint density at radius 2 is 2.00 bits per heavy atom. The Morgan fingerprint density at radius 3 is 2.62 bits per heavy atom. The Bertz CT molecular complexity index is 322. The van der Waals surface area contributed by atoms with Crippen LogP contribution in [0.4, 0.5) is 0 Å². The highest BCUT2D eigenvalue weighted by Gasteiger charge is 1.97. The average molecular weight is 222 g/mol. The van der Waals surface area contributed by atoms with Crippen LogP contribution in [0.2, 0.25) is 0 Å². The zero-order chi connectivity index (χ0) is 11.8. The van der Waals surface area contributed by atoms with E-state index in [4.69, 9.17) is 5.11 Å². The Labute approximate surface area is 95.7 Å². The molecule has 0 aliphatic rings. The summed E-state index contributed by atoms with van der Waals surface area (Å²) < 4.78 is 0. The fourth-order valence-corrected chi connectivity index (χ4v) is 1.35. The molecule has 3 N–H and O–H groups in total. The molecule has 16 heavy (non-hydrogen) atoms. The smallest absolute Gasteiger partial charge is 0.219 e. The van der Waals surface area contributed by atoms with Crippen molar-refractivity contribution in [2.45, 2.75) is 19.4 Å². The molecule has 1 amide bonds. The first-order chi connectivity index (χ1) is 7.72. The van der Waals surface area contributed by atoms with Crippen molar-refractivity contribution in [1.29, 1.82) is 0 Å². The summed E-state index contributed by atoms with van der Waals surface area (Å²) in [6.07, 6.45) is 1.39. The van der Waals surface area contributed by atoms with Gasteiger partial charge in [0.25, 0.3) is 0 Å². The summed E-state index contributed by atoms with van der Waals surface area (Å²) in [6, 6.07) is 7.09. The van der Waals surface area contributed by atoms with Crippen molar-refractivity contribution < 1.29 is 9.90 Å². The van der Waals surface area contributed by atoms with Crippen LogP contribution in [0.25, 0.3) is 0 Å². The molecule has 0 fully saturated rings. The minimum Gasteiger partial charge on any atom is -0.508 e. The lowest BCUT2D eigenvalue weighted by Gasteiger charge is -2.04. The Hall–Kier alpha value is -1.55. The van der Waals surface area contributed by atoms with E-state index in [2.05, 4.69) is 10.6 Å². The van der Waals surface area contributed by atoms with Gasteiger partial charge in [-0.15, -0.1) is 0 Å². The normalized spacial score (nSPS) is 10.1. The number of nitrogens with one attached hydrogen (secondary N) is 2. The van der Waals surface area contributed by atoms with E-state index in [9.17, 15) is 4.79 Å².